The molecule has 2 aromatic heterocycles. The predicted octanol–water partition coefficient (Wildman–Crippen LogP) is 3.70. The Morgan fingerprint density at radius 1 is 1.18 bits per heavy atom. The minimum absolute atomic E-state index is 0.0445. The van der Waals surface area contributed by atoms with Crippen molar-refractivity contribution in [1.29, 1.82) is 0 Å². The number of benzene rings is 1. The van der Waals surface area contributed by atoms with Crippen molar-refractivity contribution in [2.45, 2.75) is 32.7 Å². The quantitative estimate of drug-likeness (QED) is 0.550. The van der Waals surface area contributed by atoms with Crippen LogP contribution in [-0.4, -0.2) is 46.4 Å². The third-order valence-electron chi connectivity index (χ3n) is 5.71. The maximum Gasteiger partial charge on any atom is 0.228 e. The van der Waals surface area contributed by atoms with Crippen molar-refractivity contribution in [3.8, 4) is 16.3 Å². The van der Waals surface area contributed by atoms with Crippen LogP contribution in [0.3, 0.4) is 0 Å². The third-order valence-corrected chi connectivity index (χ3v) is 6.63. The average Bonchev–Trinajstić information content (AvgIpc) is 3.32. The van der Waals surface area contributed by atoms with Gasteiger partial charge in [-0.15, -0.1) is 11.3 Å². The first-order chi connectivity index (χ1) is 16.1. The van der Waals surface area contributed by atoms with Crippen molar-refractivity contribution in [3.63, 3.8) is 0 Å². The van der Waals surface area contributed by atoms with Crippen molar-refractivity contribution >= 4 is 23.2 Å². The summed E-state index contributed by atoms with van der Waals surface area (Å²) in [7, 11) is 0. The van der Waals surface area contributed by atoms with Gasteiger partial charge in [0.05, 0.1) is 24.3 Å². The molecule has 8 heteroatoms. The van der Waals surface area contributed by atoms with Gasteiger partial charge in [-0.05, 0) is 43.5 Å². The number of piperidine rings is 1. The Hall–Kier alpha value is -3.26. The number of amides is 2. The number of likely N-dealkylation sites (tertiary alicyclic amines) is 1. The molecule has 1 saturated heterocycles. The van der Waals surface area contributed by atoms with Crippen LogP contribution >= 0.6 is 11.3 Å². The number of hydrogen-bond donors (Lipinski definition) is 1. The van der Waals surface area contributed by atoms with Gasteiger partial charge in [-0.3, -0.25) is 14.6 Å². The molecule has 1 aliphatic heterocycles. The highest BCUT2D eigenvalue weighted by molar-refractivity contribution is 7.13. The van der Waals surface area contributed by atoms with Gasteiger partial charge in [0, 0.05) is 43.3 Å². The molecule has 3 aromatic rings. The first-order valence-electron chi connectivity index (χ1n) is 11.2. The second-order valence-electron chi connectivity index (χ2n) is 7.98. The zero-order chi connectivity index (χ0) is 23.0. The van der Waals surface area contributed by atoms with E-state index in [1.165, 1.54) is 11.3 Å². The number of aromatic nitrogens is 2. The molecular formula is C25H28N4O3S. The zero-order valence-electron chi connectivity index (χ0n) is 18.7. The van der Waals surface area contributed by atoms with Crippen molar-refractivity contribution in [3.05, 3.63) is 65.4 Å². The molecule has 4 rings (SSSR count). The summed E-state index contributed by atoms with van der Waals surface area (Å²) < 4.78 is 5.70. The van der Waals surface area contributed by atoms with Crippen molar-refractivity contribution in [2.75, 3.05) is 19.7 Å². The number of ether oxygens (including phenoxy) is 1. The Balaban J connectivity index is 1.27. The van der Waals surface area contributed by atoms with E-state index in [2.05, 4.69) is 15.3 Å². The van der Waals surface area contributed by atoms with Crippen LogP contribution in [0.1, 0.15) is 31.0 Å². The Morgan fingerprint density at radius 3 is 2.76 bits per heavy atom. The summed E-state index contributed by atoms with van der Waals surface area (Å²) in [5, 5.41) is 5.77. The van der Waals surface area contributed by atoms with E-state index in [4.69, 9.17) is 4.74 Å². The van der Waals surface area contributed by atoms with Gasteiger partial charge in [0.25, 0.3) is 0 Å². The molecule has 0 saturated carbocycles. The van der Waals surface area contributed by atoms with E-state index in [0.717, 1.165) is 27.6 Å². The van der Waals surface area contributed by atoms with E-state index in [1.54, 1.807) is 12.4 Å². The molecule has 1 fully saturated rings. The molecule has 172 valence electrons. The number of pyridine rings is 1. The smallest absolute Gasteiger partial charge is 0.228 e. The second-order valence-corrected chi connectivity index (χ2v) is 8.84. The van der Waals surface area contributed by atoms with Crippen molar-refractivity contribution < 1.29 is 14.3 Å². The molecule has 1 aliphatic rings. The molecule has 0 spiro atoms. The lowest BCUT2D eigenvalue weighted by Gasteiger charge is -2.31. The van der Waals surface area contributed by atoms with Crippen LogP contribution in [0.2, 0.25) is 0 Å². The minimum atomic E-state index is -0.0633. The van der Waals surface area contributed by atoms with E-state index < -0.39 is 0 Å². The van der Waals surface area contributed by atoms with Gasteiger partial charge in [0.1, 0.15) is 10.8 Å². The van der Waals surface area contributed by atoms with Crippen LogP contribution in [0.25, 0.3) is 10.6 Å². The van der Waals surface area contributed by atoms with Crippen LogP contribution in [0.5, 0.6) is 5.75 Å². The number of thiazole rings is 1. The maximum atomic E-state index is 12.8. The predicted molar refractivity (Wildman–Crippen MR) is 128 cm³/mol. The van der Waals surface area contributed by atoms with Crippen LogP contribution in [0.15, 0.2) is 54.2 Å². The molecule has 3 heterocycles. The van der Waals surface area contributed by atoms with Gasteiger partial charge in [0.2, 0.25) is 11.8 Å². The summed E-state index contributed by atoms with van der Waals surface area (Å²) >= 11 is 1.52. The molecule has 2 amide bonds. The monoisotopic (exact) mass is 464 g/mol. The highest BCUT2D eigenvalue weighted by atomic mass is 32.1. The fourth-order valence-corrected chi connectivity index (χ4v) is 4.78. The standard InChI is InChI=1S/C25H28N4O3S/c1-2-32-22-8-4-3-7-21(22)25-28-20(17-33-25)14-23(30)29-12-9-19(10-13-29)24(31)27-16-18-6-5-11-26-15-18/h3-8,11,15,17,19H,2,9-10,12-14,16H2,1H3,(H,27,31). The van der Waals surface area contributed by atoms with Crippen LogP contribution in [0.4, 0.5) is 0 Å². The molecule has 1 aromatic carbocycles. The topological polar surface area (TPSA) is 84.4 Å². The fraction of sp³-hybridized carbons (Fsp3) is 0.360. The number of carbonyl (C=O) groups is 2. The second kappa shape index (κ2) is 11.0. The SMILES string of the molecule is CCOc1ccccc1-c1nc(CC(=O)N2CCC(C(=O)NCc3cccnc3)CC2)cs1. The summed E-state index contributed by atoms with van der Waals surface area (Å²) in [6.07, 6.45) is 5.08. The van der Waals surface area contributed by atoms with E-state index in [-0.39, 0.29) is 24.2 Å². The normalized spacial score (nSPS) is 14.2. The lowest BCUT2D eigenvalue weighted by molar-refractivity contribution is -0.135. The van der Waals surface area contributed by atoms with Crippen LogP contribution in [0, 0.1) is 5.92 Å². The Bertz CT molecular complexity index is 1080. The molecule has 0 aliphatic carbocycles. The van der Waals surface area contributed by atoms with Gasteiger partial charge in [-0.2, -0.15) is 0 Å². The number of nitrogens with zero attached hydrogens (tertiary/aromatic N) is 3. The minimum Gasteiger partial charge on any atom is -0.493 e. The number of rotatable bonds is 8. The Morgan fingerprint density at radius 2 is 2.00 bits per heavy atom. The van der Waals surface area contributed by atoms with Crippen molar-refractivity contribution in [2.24, 2.45) is 5.92 Å². The lowest BCUT2D eigenvalue weighted by Crippen LogP contribution is -2.43. The first-order valence-corrected chi connectivity index (χ1v) is 12.1. The lowest BCUT2D eigenvalue weighted by atomic mass is 9.95. The third kappa shape index (κ3) is 5.96. The Labute approximate surface area is 197 Å². The average molecular weight is 465 g/mol. The van der Waals surface area contributed by atoms with Gasteiger partial charge >= 0.3 is 0 Å². The van der Waals surface area contributed by atoms with E-state index in [0.29, 0.717) is 39.1 Å². The molecule has 0 radical (unpaired) electrons. The fourth-order valence-electron chi connectivity index (χ4n) is 3.93. The molecule has 7 nitrogen and oxygen atoms in total. The van der Waals surface area contributed by atoms with E-state index in [9.17, 15) is 9.59 Å². The molecule has 0 unspecified atom stereocenters. The zero-order valence-corrected chi connectivity index (χ0v) is 19.5. The molecule has 0 bridgehead atoms. The molecule has 33 heavy (non-hydrogen) atoms. The summed E-state index contributed by atoms with van der Waals surface area (Å²) in [4.78, 5) is 35.9. The van der Waals surface area contributed by atoms with Gasteiger partial charge in [-0.1, -0.05) is 18.2 Å². The van der Waals surface area contributed by atoms with Gasteiger partial charge in [0.15, 0.2) is 0 Å². The number of nitrogens with one attached hydrogen (secondary N) is 1. The largest absolute Gasteiger partial charge is 0.493 e. The van der Waals surface area contributed by atoms with Gasteiger partial charge in [-0.25, -0.2) is 4.98 Å². The molecule has 1 N–H and O–H groups in total. The van der Waals surface area contributed by atoms with Gasteiger partial charge < -0.3 is 15.0 Å². The van der Waals surface area contributed by atoms with E-state index >= 15 is 0 Å². The van der Waals surface area contributed by atoms with Crippen LogP contribution in [-0.2, 0) is 22.6 Å². The first kappa shape index (κ1) is 22.9. The summed E-state index contributed by atoms with van der Waals surface area (Å²) in [6.45, 7) is 4.20. The summed E-state index contributed by atoms with van der Waals surface area (Å²) in [6, 6.07) is 11.6. The molecular weight excluding hydrogens is 436 g/mol. The Kier molecular flexibility index (Phi) is 7.67. The van der Waals surface area contributed by atoms with E-state index in [1.807, 2.05) is 53.6 Å². The summed E-state index contributed by atoms with van der Waals surface area (Å²) in [5.41, 5.74) is 2.69. The maximum absolute atomic E-state index is 12.8. The number of para-hydroxylation sites is 1. The highest BCUT2D eigenvalue weighted by Gasteiger charge is 2.27. The molecule has 0 atom stereocenters. The summed E-state index contributed by atoms with van der Waals surface area (Å²) in [5.74, 6) is 0.838. The van der Waals surface area contributed by atoms with Crippen molar-refractivity contribution in [1.82, 2.24) is 20.2 Å². The number of carbonyl (C=O) groups excluding carboxylic acids is 2. The number of hydrogen-bond acceptors (Lipinski definition) is 6. The highest BCUT2D eigenvalue weighted by Crippen LogP contribution is 2.32. The van der Waals surface area contributed by atoms with Crippen LogP contribution < -0.4 is 10.1 Å².